The number of amides is 1. The molecule has 1 heterocycles. The van der Waals surface area contributed by atoms with Gasteiger partial charge in [-0.2, -0.15) is 0 Å². The Hall–Kier alpha value is -1.05. The maximum Gasteiger partial charge on any atom is 0.341 e. The van der Waals surface area contributed by atoms with Crippen LogP contribution >= 0.6 is 23.1 Å². The zero-order valence-corrected chi connectivity index (χ0v) is 13.4. The van der Waals surface area contributed by atoms with Crippen LogP contribution in [0.25, 0.3) is 0 Å². The zero-order valence-electron chi connectivity index (χ0n) is 11.8. The first kappa shape index (κ1) is 17.0. The lowest BCUT2D eigenvalue weighted by Gasteiger charge is -2.06. The van der Waals surface area contributed by atoms with Crippen molar-refractivity contribution >= 4 is 40.0 Å². The minimum Gasteiger partial charge on any atom is -0.462 e. The normalized spacial score (nSPS) is 10.4. The van der Waals surface area contributed by atoms with Gasteiger partial charge in [-0.05, 0) is 26.3 Å². The first-order chi connectivity index (χ1) is 9.51. The number of hydrogen-bond acceptors (Lipinski definition) is 6. The summed E-state index contributed by atoms with van der Waals surface area (Å²) in [5, 5.41) is 12.0. The molecule has 0 atom stereocenters. The minimum atomic E-state index is -0.410. The van der Waals surface area contributed by atoms with Crippen LogP contribution in [0.4, 0.5) is 5.00 Å². The number of aliphatic hydroxyl groups excluding tert-OH is 1. The number of carbonyl (C=O) groups excluding carboxylic acids is 2. The number of rotatable bonds is 7. The number of thioether (sulfide) groups is 1. The average Bonchev–Trinajstić information content (AvgIpc) is 2.65. The van der Waals surface area contributed by atoms with Crippen molar-refractivity contribution in [2.75, 3.05) is 30.0 Å². The fourth-order valence-electron chi connectivity index (χ4n) is 1.56. The fourth-order valence-corrected chi connectivity index (χ4v) is 3.15. The summed E-state index contributed by atoms with van der Waals surface area (Å²) >= 11 is 2.71. The number of anilines is 1. The fraction of sp³-hybridized carbons (Fsp3) is 0.538. The van der Waals surface area contributed by atoms with Gasteiger partial charge in [0.1, 0.15) is 5.00 Å². The smallest absolute Gasteiger partial charge is 0.341 e. The van der Waals surface area contributed by atoms with E-state index in [-0.39, 0.29) is 18.3 Å². The highest BCUT2D eigenvalue weighted by molar-refractivity contribution is 7.99. The predicted molar refractivity (Wildman–Crippen MR) is 82.8 cm³/mol. The van der Waals surface area contributed by atoms with E-state index in [1.807, 2.05) is 13.8 Å². The van der Waals surface area contributed by atoms with Crippen molar-refractivity contribution in [3.05, 3.63) is 16.0 Å². The summed E-state index contributed by atoms with van der Waals surface area (Å²) < 4.78 is 5.02. The Morgan fingerprint density at radius 1 is 1.40 bits per heavy atom. The van der Waals surface area contributed by atoms with Crippen LogP contribution in [0.1, 0.15) is 27.7 Å². The third kappa shape index (κ3) is 4.50. The number of nitrogens with one attached hydrogen (secondary N) is 1. The van der Waals surface area contributed by atoms with Gasteiger partial charge < -0.3 is 15.2 Å². The maximum absolute atomic E-state index is 11.9. The molecule has 0 saturated carbocycles. The molecule has 1 amide bonds. The van der Waals surface area contributed by atoms with Crippen molar-refractivity contribution in [3.63, 3.8) is 0 Å². The van der Waals surface area contributed by atoms with E-state index in [9.17, 15) is 9.59 Å². The second kappa shape index (κ2) is 8.28. The number of carbonyl (C=O) groups is 2. The second-order valence-electron chi connectivity index (χ2n) is 4.03. The van der Waals surface area contributed by atoms with Gasteiger partial charge in [0, 0.05) is 10.6 Å². The molecule has 0 bridgehead atoms. The molecule has 0 aromatic carbocycles. The van der Waals surface area contributed by atoms with Crippen LogP contribution in [0.3, 0.4) is 0 Å². The number of aliphatic hydroxyl groups is 1. The Morgan fingerprint density at radius 3 is 2.70 bits per heavy atom. The lowest BCUT2D eigenvalue weighted by atomic mass is 10.1. The number of thiophene rings is 1. The van der Waals surface area contributed by atoms with Crippen LogP contribution in [0.5, 0.6) is 0 Å². The highest BCUT2D eigenvalue weighted by atomic mass is 32.2. The minimum absolute atomic E-state index is 0.0449. The van der Waals surface area contributed by atoms with Gasteiger partial charge in [-0.1, -0.05) is 0 Å². The molecule has 0 fully saturated rings. The van der Waals surface area contributed by atoms with Crippen molar-refractivity contribution in [2.24, 2.45) is 0 Å². The molecule has 1 aromatic rings. The second-order valence-corrected chi connectivity index (χ2v) is 6.36. The SMILES string of the molecule is CCOC(=O)c1c(NC(=O)CSCCO)sc(C)c1C. The Balaban J connectivity index is 2.81. The highest BCUT2D eigenvalue weighted by Crippen LogP contribution is 2.33. The quantitative estimate of drug-likeness (QED) is 0.595. The van der Waals surface area contributed by atoms with Crippen LogP contribution in [0.2, 0.25) is 0 Å². The van der Waals surface area contributed by atoms with Gasteiger partial charge in [0.15, 0.2) is 0 Å². The zero-order chi connectivity index (χ0) is 15.1. The van der Waals surface area contributed by atoms with E-state index in [0.29, 0.717) is 22.9 Å². The van der Waals surface area contributed by atoms with Gasteiger partial charge >= 0.3 is 5.97 Å². The molecule has 0 saturated heterocycles. The Morgan fingerprint density at radius 2 is 2.10 bits per heavy atom. The monoisotopic (exact) mass is 317 g/mol. The topological polar surface area (TPSA) is 75.6 Å². The van der Waals surface area contributed by atoms with Crippen molar-refractivity contribution in [1.29, 1.82) is 0 Å². The molecule has 0 radical (unpaired) electrons. The average molecular weight is 317 g/mol. The highest BCUT2D eigenvalue weighted by Gasteiger charge is 2.21. The van der Waals surface area contributed by atoms with Crippen LogP contribution in [-0.4, -0.2) is 41.7 Å². The van der Waals surface area contributed by atoms with Gasteiger partial charge in [-0.3, -0.25) is 4.79 Å². The van der Waals surface area contributed by atoms with Gasteiger partial charge in [-0.15, -0.1) is 23.1 Å². The van der Waals surface area contributed by atoms with Crippen molar-refractivity contribution in [3.8, 4) is 0 Å². The van der Waals surface area contributed by atoms with E-state index >= 15 is 0 Å². The number of esters is 1. The molecule has 1 aromatic heterocycles. The largest absolute Gasteiger partial charge is 0.462 e. The molecule has 0 aliphatic rings. The molecular formula is C13H19NO4S2. The number of ether oxygens (including phenoxy) is 1. The first-order valence-electron chi connectivity index (χ1n) is 6.26. The van der Waals surface area contributed by atoms with Crippen LogP contribution in [0, 0.1) is 13.8 Å². The molecule has 1 rings (SSSR count). The summed E-state index contributed by atoms with van der Waals surface area (Å²) in [6, 6.07) is 0. The molecule has 2 N–H and O–H groups in total. The summed E-state index contributed by atoms with van der Waals surface area (Å²) in [5.74, 6) is 0.169. The Labute approximate surface area is 126 Å². The van der Waals surface area contributed by atoms with Crippen molar-refractivity contribution < 1.29 is 19.4 Å². The maximum atomic E-state index is 11.9. The van der Waals surface area contributed by atoms with Gasteiger partial charge in [0.2, 0.25) is 5.91 Å². The van der Waals surface area contributed by atoms with E-state index in [1.54, 1.807) is 6.92 Å². The Kier molecular flexibility index (Phi) is 7.04. The van der Waals surface area contributed by atoms with E-state index in [2.05, 4.69) is 5.32 Å². The van der Waals surface area contributed by atoms with Gasteiger partial charge in [-0.25, -0.2) is 4.79 Å². The molecule has 0 aliphatic carbocycles. The third-order valence-corrected chi connectivity index (χ3v) is 4.65. The van der Waals surface area contributed by atoms with E-state index in [4.69, 9.17) is 9.84 Å². The van der Waals surface area contributed by atoms with Crippen molar-refractivity contribution in [2.45, 2.75) is 20.8 Å². The van der Waals surface area contributed by atoms with Gasteiger partial charge in [0.05, 0.1) is 24.5 Å². The number of hydrogen-bond donors (Lipinski definition) is 2. The molecule has 0 unspecified atom stereocenters. The summed E-state index contributed by atoms with van der Waals surface area (Å²) in [6.07, 6.45) is 0. The molecular weight excluding hydrogens is 298 g/mol. The third-order valence-electron chi connectivity index (χ3n) is 2.59. The van der Waals surface area contributed by atoms with E-state index in [0.717, 1.165) is 10.4 Å². The molecule has 0 spiro atoms. The van der Waals surface area contributed by atoms with Crippen molar-refractivity contribution in [1.82, 2.24) is 0 Å². The molecule has 20 heavy (non-hydrogen) atoms. The van der Waals surface area contributed by atoms with E-state index < -0.39 is 5.97 Å². The van der Waals surface area contributed by atoms with E-state index in [1.165, 1.54) is 23.1 Å². The summed E-state index contributed by atoms with van der Waals surface area (Å²) in [6.45, 7) is 5.83. The molecule has 7 heteroatoms. The standard InChI is InChI=1S/C13H19NO4S2/c1-4-18-13(17)11-8(2)9(3)20-12(11)14-10(16)7-19-6-5-15/h15H,4-7H2,1-3H3,(H,14,16). The van der Waals surface area contributed by atoms with Crippen LogP contribution in [-0.2, 0) is 9.53 Å². The van der Waals surface area contributed by atoms with Crippen LogP contribution < -0.4 is 5.32 Å². The summed E-state index contributed by atoms with van der Waals surface area (Å²) in [7, 11) is 0. The summed E-state index contributed by atoms with van der Waals surface area (Å²) in [5.41, 5.74) is 1.28. The molecule has 112 valence electrons. The Bertz CT molecular complexity index is 485. The predicted octanol–water partition coefficient (Wildman–Crippen LogP) is 2.21. The molecule has 0 aliphatic heterocycles. The van der Waals surface area contributed by atoms with Gasteiger partial charge in [0.25, 0.3) is 0 Å². The van der Waals surface area contributed by atoms with Crippen LogP contribution in [0.15, 0.2) is 0 Å². The lowest BCUT2D eigenvalue weighted by Crippen LogP contribution is -2.16. The summed E-state index contributed by atoms with van der Waals surface area (Å²) in [4.78, 5) is 24.7. The molecule has 5 nitrogen and oxygen atoms in total. The number of aryl methyl sites for hydroxylation is 1. The first-order valence-corrected chi connectivity index (χ1v) is 8.23. The lowest BCUT2D eigenvalue weighted by molar-refractivity contribution is -0.113.